The van der Waals surface area contributed by atoms with Crippen LogP contribution in [0.1, 0.15) is 25.3 Å². The molecule has 2 aromatic rings. The third-order valence-electron chi connectivity index (χ3n) is 5.71. The number of carbonyl (C=O) groups excluding carboxylic acids is 3. The molecule has 0 aliphatic carbocycles. The van der Waals surface area contributed by atoms with E-state index in [9.17, 15) is 18.8 Å². The second-order valence-corrected chi connectivity index (χ2v) is 7.64. The van der Waals surface area contributed by atoms with E-state index in [-0.39, 0.29) is 32.0 Å². The first-order valence-electron chi connectivity index (χ1n) is 9.79. The number of likely N-dealkylation sites (tertiary alicyclic amines) is 1. The Hall–Kier alpha value is -3.42. The molecule has 1 N–H and O–H groups in total. The number of ether oxygens (including phenoxy) is 1. The van der Waals surface area contributed by atoms with Crippen molar-refractivity contribution in [3.8, 4) is 0 Å². The molecular weight excluding hydrogens is 389 g/mol. The zero-order valence-corrected chi connectivity index (χ0v) is 16.5. The standard InChI is InChI=1S/C22H22FN3O4/c1-15-13-22(10-11-25(15)21(29)30-14-16-6-3-2-4-7-16)19(27)24-20(28)26(22)18-9-5-8-17(23)12-18/h2-9,12,15H,10-11,13-14H2,1H3,(H,24,27,28)/t15-,22+/m0/s1. The van der Waals surface area contributed by atoms with Crippen molar-refractivity contribution in [1.82, 2.24) is 10.2 Å². The van der Waals surface area contributed by atoms with Crippen molar-refractivity contribution in [3.05, 3.63) is 66.0 Å². The number of nitrogens with one attached hydrogen (secondary N) is 1. The van der Waals surface area contributed by atoms with Crippen molar-refractivity contribution >= 4 is 23.7 Å². The maximum absolute atomic E-state index is 13.8. The van der Waals surface area contributed by atoms with Gasteiger partial charge < -0.3 is 9.64 Å². The fraction of sp³-hybridized carbons (Fsp3) is 0.318. The fourth-order valence-corrected chi connectivity index (χ4v) is 4.25. The quantitative estimate of drug-likeness (QED) is 0.785. The Morgan fingerprint density at radius 2 is 1.97 bits per heavy atom. The van der Waals surface area contributed by atoms with Crippen LogP contribution >= 0.6 is 0 Å². The van der Waals surface area contributed by atoms with Crippen molar-refractivity contribution < 1.29 is 23.5 Å². The van der Waals surface area contributed by atoms with E-state index in [4.69, 9.17) is 4.74 Å². The minimum atomic E-state index is -1.17. The lowest BCUT2D eigenvalue weighted by Crippen LogP contribution is -2.60. The lowest BCUT2D eigenvalue weighted by molar-refractivity contribution is -0.125. The van der Waals surface area contributed by atoms with Gasteiger partial charge in [0.25, 0.3) is 5.91 Å². The molecule has 2 aromatic carbocycles. The molecule has 0 aromatic heterocycles. The Labute approximate surface area is 173 Å². The summed E-state index contributed by atoms with van der Waals surface area (Å²) in [6.07, 6.45) is -0.0174. The molecule has 2 heterocycles. The van der Waals surface area contributed by atoms with Crippen molar-refractivity contribution in [3.63, 3.8) is 0 Å². The number of imide groups is 1. The van der Waals surface area contributed by atoms with E-state index in [1.165, 1.54) is 23.1 Å². The van der Waals surface area contributed by atoms with Crippen molar-refractivity contribution in [2.45, 2.75) is 38.0 Å². The predicted molar refractivity (Wildman–Crippen MR) is 107 cm³/mol. The minimum absolute atomic E-state index is 0.155. The van der Waals surface area contributed by atoms with Gasteiger partial charge in [-0.2, -0.15) is 0 Å². The average Bonchev–Trinajstić information content (AvgIpc) is 2.96. The highest BCUT2D eigenvalue weighted by Crippen LogP contribution is 2.39. The number of urea groups is 1. The van der Waals surface area contributed by atoms with Crippen molar-refractivity contribution in [1.29, 1.82) is 0 Å². The zero-order valence-electron chi connectivity index (χ0n) is 16.5. The molecule has 2 saturated heterocycles. The Morgan fingerprint density at radius 1 is 1.20 bits per heavy atom. The molecule has 8 heteroatoms. The van der Waals surface area contributed by atoms with E-state index >= 15 is 0 Å². The van der Waals surface area contributed by atoms with Gasteiger partial charge in [0.2, 0.25) is 0 Å². The largest absolute Gasteiger partial charge is 0.445 e. The third-order valence-corrected chi connectivity index (χ3v) is 5.71. The monoisotopic (exact) mass is 411 g/mol. The molecule has 30 heavy (non-hydrogen) atoms. The number of rotatable bonds is 3. The number of amides is 4. The number of nitrogens with zero attached hydrogens (tertiary/aromatic N) is 2. The van der Waals surface area contributed by atoms with Gasteiger partial charge in [-0.25, -0.2) is 14.0 Å². The van der Waals surface area contributed by atoms with Crippen LogP contribution in [0.25, 0.3) is 0 Å². The molecule has 4 rings (SSSR count). The Balaban J connectivity index is 1.50. The van der Waals surface area contributed by atoms with E-state index in [1.54, 1.807) is 11.0 Å². The SMILES string of the molecule is C[C@H]1C[C@]2(CCN1C(=O)OCc1ccccc1)C(=O)NC(=O)N2c1cccc(F)c1. The van der Waals surface area contributed by atoms with E-state index in [0.29, 0.717) is 5.69 Å². The zero-order chi connectivity index (χ0) is 21.3. The molecule has 0 unspecified atom stereocenters. The van der Waals surface area contributed by atoms with Crippen LogP contribution in [0.15, 0.2) is 54.6 Å². The van der Waals surface area contributed by atoms with Crippen LogP contribution in [0.4, 0.5) is 19.7 Å². The molecule has 2 fully saturated rings. The number of hydrogen-bond acceptors (Lipinski definition) is 4. The van der Waals surface area contributed by atoms with Crippen molar-refractivity contribution in [2.75, 3.05) is 11.4 Å². The highest BCUT2D eigenvalue weighted by atomic mass is 19.1. The highest BCUT2D eigenvalue weighted by Gasteiger charge is 2.56. The molecule has 7 nitrogen and oxygen atoms in total. The van der Waals surface area contributed by atoms with E-state index in [0.717, 1.165) is 5.56 Å². The lowest BCUT2D eigenvalue weighted by atomic mass is 9.82. The van der Waals surface area contributed by atoms with E-state index < -0.39 is 29.4 Å². The topological polar surface area (TPSA) is 79.0 Å². The van der Waals surface area contributed by atoms with Gasteiger partial charge in [0.15, 0.2) is 0 Å². The Morgan fingerprint density at radius 3 is 2.67 bits per heavy atom. The summed E-state index contributed by atoms with van der Waals surface area (Å²) >= 11 is 0. The van der Waals surface area contributed by atoms with Gasteiger partial charge in [0.05, 0.1) is 0 Å². The van der Waals surface area contributed by atoms with Crippen LogP contribution in [0.2, 0.25) is 0 Å². The summed E-state index contributed by atoms with van der Waals surface area (Å²) in [6, 6.07) is 14.0. The fourth-order valence-electron chi connectivity index (χ4n) is 4.25. The number of carbonyl (C=O) groups is 3. The van der Waals surface area contributed by atoms with Gasteiger partial charge in [-0.15, -0.1) is 0 Å². The number of halogens is 1. The Bertz CT molecular complexity index is 983. The van der Waals surface area contributed by atoms with Crippen LogP contribution < -0.4 is 10.2 Å². The summed E-state index contributed by atoms with van der Waals surface area (Å²) in [5.74, 6) is -0.925. The number of benzene rings is 2. The summed E-state index contributed by atoms with van der Waals surface area (Å²) in [7, 11) is 0. The van der Waals surface area contributed by atoms with Gasteiger partial charge >= 0.3 is 12.1 Å². The van der Waals surface area contributed by atoms with Crippen molar-refractivity contribution in [2.24, 2.45) is 0 Å². The van der Waals surface area contributed by atoms with Gasteiger partial charge in [0, 0.05) is 24.7 Å². The van der Waals surface area contributed by atoms with E-state index in [2.05, 4.69) is 5.32 Å². The summed E-state index contributed by atoms with van der Waals surface area (Å²) < 4.78 is 19.2. The first-order valence-corrected chi connectivity index (χ1v) is 9.79. The molecule has 2 aliphatic heterocycles. The molecule has 0 radical (unpaired) electrons. The second kappa shape index (κ2) is 7.78. The molecule has 156 valence electrons. The number of hydrogen-bond donors (Lipinski definition) is 1. The first kappa shape index (κ1) is 19.9. The molecule has 2 atom stereocenters. The van der Waals surface area contributed by atoms with Crippen LogP contribution in [-0.4, -0.2) is 41.1 Å². The lowest BCUT2D eigenvalue weighted by Gasteiger charge is -2.45. The normalized spacial score (nSPS) is 23.6. The molecular formula is C22H22FN3O4. The van der Waals surface area contributed by atoms with E-state index in [1.807, 2.05) is 37.3 Å². The average molecular weight is 411 g/mol. The summed E-state index contributed by atoms with van der Waals surface area (Å²) in [5, 5.41) is 2.35. The van der Waals surface area contributed by atoms with Crippen LogP contribution in [0.5, 0.6) is 0 Å². The van der Waals surface area contributed by atoms with Gasteiger partial charge in [0.1, 0.15) is 18.0 Å². The smallest absolute Gasteiger partial charge is 0.410 e. The van der Waals surface area contributed by atoms with Gasteiger partial charge in [-0.05, 0) is 37.1 Å². The number of anilines is 1. The third kappa shape index (κ3) is 3.49. The maximum atomic E-state index is 13.8. The first-order chi connectivity index (χ1) is 14.4. The predicted octanol–water partition coefficient (Wildman–Crippen LogP) is 3.44. The second-order valence-electron chi connectivity index (χ2n) is 7.64. The number of piperidine rings is 1. The van der Waals surface area contributed by atoms with Crippen LogP contribution in [-0.2, 0) is 16.1 Å². The maximum Gasteiger partial charge on any atom is 0.410 e. The summed E-state index contributed by atoms with van der Waals surface area (Å²) in [4.78, 5) is 40.8. The van der Waals surface area contributed by atoms with Crippen LogP contribution in [0.3, 0.4) is 0 Å². The summed E-state index contributed by atoms with van der Waals surface area (Å²) in [5.41, 5.74) is 0.0243. The van der Waals surface area contributed by atoms with Gasteiger partial charge in [-0.1, -0.05) is 36.4 Å². The minimum Gasteiger partial charge on any atom is -0.445 e. The summed E-state index contributed by atoms with van der Waals surface area (Å²) in [6.45, 7) is 2.20. The molecule has 1 spiro atoms. The Kier molecular flexibility index (Phi) is 5.15. The molecule has 0 saturated carbocycles. The van der Waals surface area contributed by atoms with Crippen LogP contribution in [0, 0.1) is 5.82 Å². The molecule has 4 amide bonds. The van der Waals surface area contributed by atoms with Gasteiger partial charge in [-0.3, -0.25) is 15.0 Å². The molecule has 2 aliphatic rings. The molecule has 0 bridgehead atoms. The highest BCUT2D eigenvalue weighted by molar-refractivity contribution is 6.17.